The van der Waals surface area contributed by atoms with Crippen molar-refractivity contribution in [3.63, 3.8) is 0 Å². The quantitative estimate of drug-likeness (QED) is 0.120. The minimum absolute atomic E-state index is 0.104. The summed E-state index contributed by atoms with van der Waals surface area (Å²) in [5.41, 5.74) is 5.53. The zero-order chi connectivity index (χ0) is 31.1. The van der Waals surface area contributed by atoms with Crippen LogP contribution in [0.25, 0.3) is 22.6 Å². The third-order valence-electron chi connectivity index (χ3n) is 6.11. The number of amides is 2. The first kappa shape index (κ1) is 28.8. The first-order chi connectivity index (χ1) is 21.3. The van der Waals surface area contributed by atoms with Gasteiger partial charge >= 0.3 is 0 Å². The van der Waals surface area contributed by atoms with Crippen molar-refractivity contribution in [3.8, 4) is 22.6 Å². The van der Waals surface area contributed by atoms with Crippen molar-refractivity contribution in [3.05, 3.63) is 140 Å². The molecule has 0 saturated heterocycles. The lowest BCUT2D eigenvalue weighted by molar-refractivity contribution is -0.384. The lowest BCUT2D eigenvalue weighted by Crippen LogP contribution is -2.19. The second-order valence-corrected chi connectivity index (χ2v) is 8.93. The van der Waals surface area contributed by atoms with Crippen LogP contribution in [-0.2, 0) is 0 Å². The Kier molecular flexibility index (Phi) is 8.42. The third-order valence-corrected chi connectivity index (χ3v) is 6.11. The number of carbonyl (C=O) groups excluding carboxylic acids is 2. The number of nitro groups is 2. The maximum Gasteiger partial charge on any atom is 0.280 e. The molecule has 0 fully saturated rings. The van der Waals surface area contributed by atoms with E-state index < -0.39 is 21.7 Å². The van der Waals surface area contributed by atoms with Crippen LogP contribution >= 0.6 is 0 Å². The lowest BCUT2D eigenvalue weighted by Gasteiger charge is -2.02. The molecule has 14 heteroatoms. The van der Waals surface area contributed by atoms with Gasteiger partial charge in [0.1, 0.15) is 23.0 Å². The highest BCUT2D eigenvalue weighted by Crippen LogP contribution is 2.31. The van der Waals surface area contributed by atoms with Gasteiger partial charge in [0, 0.05) is 23.3 Å². The summed E-state index contributed by atoms with van der Waals surface area (Å²) in [4.78, 5) is 46.4. The SMILES string of the molecule is O=C(NN=Cc1ccc(-c2ccccc2[N+](=O)[O-])o1)c1ccc(C(=O)NN=Cc2ccc(-c3ccccc3[N+](=O)[O-])o2)cc1. The molecule has 5 aromatic rings. The van der Waals surface area contributed by atoms with E-state index in [4.69, 9.17) is 8.83 Å². The van der Waals surface area contributed by atoms with Crippen molar-refractivity contribution in [1.82, 2.24) is 10.9 Å². The highest BCUT2D eigenvalue weighted by Gasteiger charge is 2.18. The van der Waals surface area contributed by atoms with Gasteiger partial charge in [-0.2, -0.15) is 10.2 Å². The average Bonchev–Trinajstić information content (AvgIpc) is 3.71. The van der Waals surface area contributed by atoms with Crippen LogP contribution in [0.4, 0.5) is 11.4 Å². The molecule has 0 aliphatic carbocycles. The van der Waals surface area contributed by atoms with Gasteiger partial charge in [0.2, 0.25) is 0 Å². The van der Waals surface area contributed by atoms with E-state index in [-0.39, 0.29) is 45.5 Å². The van der Waals surface area contributed by atoms with Gasteiger partial charge in [-0.3, -0.25) is 29.8 Å². The van der Waals surface area contributed by atoms with Gasteiger partial charge in [0.05, 0.1) is 33.4 Å². The number of nitro benzene ring substituents is 2. The Bertz CT molecular complexity index is 1780. The molecule has 3 aromatic carbocycles. The molecule has 2 amide bonds. The van der Waals surface area contributed by atoms with E-state index in [2.05, 4.69) is 21.1 Å². The normalized spacial score (nSPS) is 11.1. The summed E-state index contributed by atoms with van der Waals surface area (Å²) in [5.74, 6) is -0.0318. The molecule has 0 unspecified atom stereocenters. The summed E-state index contributed by atoms with van der Waals surface area (Å²) in [6.07, 6.45) is 2.50. The number of hydrogen-bond acceptors (Lipinski definition) is 10. The molecule has 14 nitrogen and oxygen atoms in total. The molecule has 0 bridgehead atoms. The van der Waals surface area contributed by atoms with E-state index in [1.165, 1.54) is 48.8 Å². The molecule has 0 atom stereocenters. The molecular weight excluding hydrogens is 572 g/mol. The Morgan fingerprint density at radius 3 is 1.36 bits per heavy atom. The smallest absolute Gasteiger partial charge is 0.280 e. The Morgan fingerprint density at radius 1 is 0.591 bits per heavy atom. The van der Waals surface area contributed by atoms with Gasteiger partial charge in [0.25, 0.3) is 23.2 Å². The van der Waals surface area contributed by atoms with E-state index in [9.17, 15) is 29.8 Å². The molecular formula is C30H20N6O8. The highest BCUT2D eigenvalue weighted by molar-refractivity contribution is 5.98. The zero-order valence-corrected chi connectivity index (χ0v) is 22.4. The largest absolute Gasteiger partial charge is 0.455 e. The molecule has 2 N–H and O–H groups in total. The molecule has 2 heterocycles. The number of hydrazone groups is 2. The second-order valence-electron chi connectivity index (χ2n) is 8.93. The monoisotopic (exact) mass is 592 g/mol. The van der Waals surface area contributed by atoms with Gasteiger partial charge in [-0.15, -0.1) is 0 Å². The van der Waals surface area contributed by atoms with Gasteiger partial charge in [-0.25, -0.2) is 10.9 Å². The van der Waals surface area contributed by atoms with E-state index in [0.29, 0.717) is 11.1 Å². The van der Waals surface area contributed by atoms with E-state index >= 15 is 0 Å². The minimum atomic E-state index is -0.552. The van der Waals surface area contributed by atoms with E-state index in [1.54, 1.807) is 60.7 Å². The van der Waals surface area contributed by atoms with E-state index in [0.717, 1.165) is 0 Å². The first-order valence-electron chi connectivity index (χ1n) is 12.7. The first-order valence-corrected chi connectivity index (χ1v) is 12.7. The number of benzene rings is 3. The number of nitrogens with one attached hydrogen (secondary N) is 2. The Balaban J connectivity index is 1.14. The molecule has 0 radical (unpaired) electrons. The number of hydrogen-bond donors (Lipinski definition) is 2. The van der Waals surface area contributed by atoms with Gasteiger partial charge in [-0.05, 0) is 60.7 Å². The van der Waals surface area contributed by atoms with Gasteiger partial charge in [0.15, 0.2) is 0 Å². The topological polar surface area (TPSA) is 195 Å². The van der Waals surface area contributed by atoms with Crippen molar-refractivity contribution in [1.29, 1.82) is 0 Å². The van der Waals surface area contributed by atoms with Crippen LogP contribution in [0.15, 0.2) is 116 Å². The highest BCUT2D eigenvalue weighted by atomic mass is 16.6. The predicted octanol–water partition coefficient (Wildman–Crippen LogP) is 5.55. The third kappa shape index (κ3) is 6.60. The van der Waals surface area contributed by atoms with Crippen LogP contribution in [-0.4, -0.2) is 34.1 Å². The number of rotatable bonds is 10. The number of furan rings is 2. The Hall–Kier alpha value is -6.70. The molecule has 0 saturated carbocycles. The minimum Gasteiger partial charge on any atom is -0.455 e. The summed E-state index contributed by atoms with van der Waals surface area (Å²) in [7, 11) is 0. The lowest BCUT2D eigenvalue weighted by atomic mass is 10.1. The number of nitrogens with zero attached hydrogens (tertiary/aromatic N) is 4. The Labute approximate surface area is 247 Å². The van der Waals surface area contributed by atoms with E-state index in [1.807, 2.05) is 0 Å². The standard InChI is InChI=1S/C30H20N6O8/c37-29(33-31-17-21-13-15-27(43-21)23-5-1-3-7-25(23)35(39)40)19-9-11-20(12-10-19)30(38)34-32-18-22-14-16-28(44-22)24-6-2-4-8-26(24)36(41)42/h1-18H,(H,33,37)(H,34,38). The fourth-order valence-electron chi connectivity index (χ4n) is 4.03. The summed E-state index contributed by atoms with van der Waals surface area (Å²) in [5, 5.41) is 30.2. The zero-order valence-electron chi connectivity index (χ0n) is 22.4. The van der Waals surface area contributed by atoms with Gasteiger partial charge < -0.3 is 8.83 Å². The number of para-hydroxylation sites is 2. The summed E-state index contributed by atoms with van der Waals surface area (Å²) >= 11 is 0. The molecule has 0 spiro atoms. The molecule has 0 aliphatic rings. The Morgan fingerprint density at radius 2 is 0.977 bits per heavy atom. The van der Waals surface area contributed by atoms with Crippen LogP contribution in [0.3, 0.4) is 0 Å². The molecule has 2 aromatic heterocycles. The maximum atomic E-state index is 12.5. The van der Waals surface area contributed by atoms with Crippen LogP contribution in [0.2, 0.25) is 0 Å². The summed E-state index contributed by atoms with van der Waals surface area (Å²) in [6, 6.07) is 24.2. The van der Waals surface area contributed by atoms with Crippen molar-refractivity contribution >= 4 is 35.6 Å². The van der Waals surface area contributed by atoms with Crippen LogP contribution < -0.4 is 10.9 Å². The molecule has 44 heavy (non-hydrogen) atoms. The van der Waals surface area contributed by atoms with Crippen molar-refractivity contribution in [2.24, 2.45) is 10.2 Å². The molecule has 218 valence electrons. The van der Waals surface area contributed by atoms with Crippen LogP contribution in [0.5, 0.6) is 0 Å². The predicted molar refractivity (Wildman–Crippen MR) is 158 cm³/mol. The van der Waals surface area contributed by atoms with Crippen molar-refractivity contribution < 1.29 is 28.3 Å². The second kappa shape index (κ2) is 12.9. The fraction of sp³-hybridized carbons (Fsp3) is 0. The van der Waals surface area contributed by atoms with Gasteiger partial charge in [-0.1, -0.05) is 24.3 Å². The summed E-state index contributed by atoms with van der Waals surface area (Å²) < 4.78 is 11.2. The maximum absolute atomic E-state index is 12.5. The van der Waals surface area contributed by atoms with Crippen LogP contribution in [0, 0.1) is 20.2 Å². The summed E-state index contributed by atoms with van der Waals surface area (Å²) in [6.45, 7) is 0. The van der Waals surface area contributed by atoms with Crippen LogP contribution in [0.1, 0.15) is 32.2 Å². The molecule has 5 rings (SSSR count). The van der Waals surface area contributed by atoms with Crippen molar-refractivity contribution in [2.45, 2.75) is 0 Å². The average molecular weight is 593 g/mol. The number of carbonyl (C=O) groups is 2. The van der Waals surface area contributed by atoms with Crippen molar-refractivity contribution in [2.75, 3.05) is 0 Å². The molecule has 0 aliphatic heterocycles. The fourth-order valence-corrected chi connectivity index (χ4v) is 4.03.